The summed E-state index contributed by atoms with van der Waals surface area (Å²) in [6, 6.07) is 10.6. The molecular weight excluding hydrogens is 413 g/mol. The maximum Gasteiger partial charge on any atom is 0.271 e. The number of guanidine groups is 1. The van der Waals surface area contributed by atoms with Crippen LogP contribution in [0.15, 0.2) is 41.4 Å². The Morgan fingerprint density at radius 2 is 1.93 bits per heavy atom. The van der Waals surface area contributed by atoms with Gasteiger partial charge >= 0.3 is 0 Å². The predicted octanol–water partition coefficient (Wildman–Crippen LogP) is 3.18. The second-order valence-corrected chi connectivity index (χ2v) is 7.53. The molecule has 2 aromatic carbocycles. The molecule has 154 valence electrons. The lowest BCUT2D eigenvalue weighted by atomic mass is 10.2. The molecule has 1 fully saturated rings. The average Bonchev–Trinajstić information content (AvgIpc) is 3.20. The molecule has 0 radical (unpaired) electrons. The number of carbonyl (C=O) groups excluding carboxylic acids is 1. The number of aliphatic imine (C=N–C) groups is 1. The van der Waals surface area contributed by atoms with Crippen molar-refractivity contribution in [3.05, 3.63) is 52.0 Å². The summed E-state index contributed by atoms with van der Waals surface area (Å²) in [4.78, 5) is 18.8. The molecule has 1 unspecified atom stereocenters. The van der Waals surface area contributed by atoms with Gasteiger partial charge in [-0.05, 0) is 54.8 Å². The van der Waals surface area contributed by atoms with E-state index in [1.165, 1.54) is 0 Å². The van der Waals surface area contributed by atoms with E-state index < -0.39 is 0 Å². The third kappa shape index (κ3) is 5.05. The van der Waals surface area contributed by atoms with Gasteiger partial charge in [0.05, 0.1) is 22.8 Å². The number of benzene rings is 2. The lowest BCUT2D eigenvalue weighted by Crippen LogP contribution is -2.38. The van der Waals surface area contributed by atoms with Crippen molar-refractivity contribution < 1.29 is 9.53 Å². The lowest BCUT2D eigenvalue weighted by Gasteiger charge is -2.24. The quantitative estimate of drug-likeness (QED) is 0.378. The third-order valence-corrected chi connectivity index (χ3v) is 5.41. The summed E-state index contributed by atoms with van der Waals surface area (Å²) >= 11 is 12.1. The van der Waals surface area contributed by atoms with Gasteiger partial charge in [0.15, 0.2) is 5.96 Å². The topological polar surface area (TPSA) is 106 Å². The number of nitrogens with one attached hydrogen (secondary N) is 1. The van der Waals surface area contributed by atoms with Gasteiger partial charge in [0, 0.05) is 18.8 Å². The van der Waals surface area contributed by atoms with Gasteiger partial charge in [0.2, 0.25) is 0 Å². The highest BCUT2D eigenvalue weighted by atomic mass is 35.5. The van der Waals surface area contributed by atoms with Crippen LogP contribution in [0.3, 0.4) is 0 Å². The Hall–Kier alpha value is -2.64. The average molecular weight is 436 g/mol. The first-order chi connectivity index (χ1) is 13.9. The van der Waals surface area contributed by atoms with Crippen molar-refractivity contribution in [2.45, 2.75) is 25.4 Å². The van der Waals surface area contributed by atoms with Crippen molar-refractivity contribution >= 4 is 46.4 Å². The minimum atomic E-state index is -0.343. The van der Waals surface area contributed by atoms with Gasteiger partial charge < -0.3 is 26.4 Å². The molecule has 7 nitrogen and oxygen atoms in total. The minimum absolute atomic E-state index is 0.0423. The highest BCUT2D eigenvalue weighted by Crippen LogP contribution is 2.29. The van der Waals surface area contributed by atoms with Gasteiger partial charge in [0.1, 0.15) is 11.8 Å². The van der Waals surface area contributed by atoms with Gasteiger partial charge in [0.25, 0.3) is 5.91 Å². The number of nitrogens with two attached hydrogens (primary N) is 2. The maximum atomic E-state index is 12.7. The molecule has 9 heteroatoms. The van der Waals surface area contributed by atoms with Crippen LogP contribution in [0.4, 0.5) is 11.4 Å². The van der Waals surface area contributed by atoms with Crippen LogP contribution in [-0.4, -0.2) is 31.6 Å². The SMILES string of the molecule is COc1ccc(N2CCCC2C(=O)N=C(N)NCc2cc(Cl)c(N)c(Cl)c2)cc1. The molecule has 1 saturated heterocycles. The van der Waals surface area contributed by atoms with Crippen LogP contribution < -0.4 is 26.4 Å². The molecule has 1 atom stereocenters. The number of hydrogen-bond donors (Lipinski definition) is 3. The maximum absolute atomic E-state index is 12.7. The number of rotatable bonds is 5. The van der Waals surface area contributed by atoms with E-state index in [0.29, 0.717) is 22.3 Å². The number of methoxy groups -OCH3 is 1. The Balaban J connectivity index is 1.64. The molecule has 0 saturated carbocycles. The Kier molecular flexibility index (Phi) is 6.71. The largest absolute Gasteiger partial charge is 0.497 e. The van der Waals surface area contributed by atoms with E-state index in [-0.39, 0.29) is 17.9 Å². The molecule has 1 aliphatic rings. The van der Waals surface area contributed by atoms with E-state index in [9.17, 15) is 4.79 Å². The number of halogens is 2. The first-order valence-electron chi connectivity index (χ1n) is 9.15. The van der Waals surface area contributed by atoms with Gasteiger partial charge in [-0.25, -0.2) is 0 Å². The lowest BCUT2D eigenvalue weighted by molar-refractivity contribution is -0.118. The summed E-state index contributed by atoms with van der Waals surface area (Å²) in [6.45, 7) is 1.10. The van der Waals surface area contributed by atoms with E-state index in [1.54, 1.807) is 19.2 Å². The molecule has 29 heavy (non-hydrogen) atoms. The standard InChI is InChI=1S/C20H23Cl2N5O2/c1-29-14-6-4-13(5-7-14)27-8-2-3-17(27)19(28)26-20(24)25-11-12-9-15(21)18(23)16(22)10-12/h4-7,9-10,17H,2-3,8,11,23H2,1H3,(H3,24,25,26,28). The molecule has 0 spiro atoms. The molecule has 2 aromatic rings. The zero-order valence-electron chi connectivity index (χ0n) is 16.0. The first kappa shape index (κ1) is 21.1. The fraction of sp³-hybridized carbons (Fsp3) is 0.300. The second-order valence-electron chi connectivity index (χ2n) is 6.71. The first-order valence-corrected chi connectivity index (χ1v) is 9.90. The van der Waals surface area contributed by atoms with Crippen molar-refractivity contribution in [1.29, 1.82) is 0 Å². The monoisotopic (exact) mass is 435 g/mol. The number of carbonyl (C=O) groups is 1. The molecule has 1 amide bonds. The molecule has 0 aromatic heterocycles. The van der Waals surface area contributed by atoms with Crippen LogP contribution in [0, 0.1) is 0 Å². The van der Waals surface area contributed by atoms with Crippen molar-refractivity contribution in [3.8, 4) is 5.75 Å². The number of amides is 1. The number of ether oxygens (including phenoxy) is 1. The van der Waals surface area contributed by atoms with Gasteiger partial charge in [-0.3, -0.25) is 4.79 Å². The van der Waals surface area contributed by atoms with E-state index in [4.69, 9.17) is 39.4 Å². The van der Waals surface area contributed by atoms with Crippen molar-refractivity contribution in [3.63, 3.8) is 0 Å². The summed E-state index contributed by atoms with van der Waals surface area (Å²) in [5, 5.41) is 3.64. The number of nitrogen functional groups attached to an aromatic ring is 1. The van der Waals surface area contributed by atoms with Crippen LogP contribution in [0.5, 0.6) is 5.75 Å². The molecule has 5 N–H and O–H groups in total. The number of nitrogens with zero attached hydrogens (tertiary/aromatic N) is 2. The summed E-state index contributed by atoms with van der Waals surface area (Å²) in [6.07, 6.45) is 1.64. The van der Waals surface area contributed by atoms with E-state index >= 15 is 0 Å². The zero-order valence-corrected chi connectivity index (χ0v) is 17.5. The normalized spacial score (nSPS) is 16.7. The zero-order chi connectivity index (χ0) is 21.0. The van der Waals surface area contributed by atoms with Crippen molar-refractivity contribution in [1.82, 2.24) is 5.32 Å². The van der Waals surface area contributed by atoms with Crippen LogP contribution in [0.25, 0.3) is 0 Å². The highest BCUT2D eigenvalue weighted by Gasteiger charge is 2.31. The van der Waals surface area contributed by atoms with Crippen LogP contribution in [-0.2, 0) is 11.3 Å². The number of anilines is 2. The van der Waals surface area contributed by atoms with Crippen molar-refractivity contribution in [2.75, 3.05) is 24.3 Å². The highest BCUT2D eigenvalue weighted by molar-refractivity contribution is 6.38. The summed E-state index contributed by atoms with van der Waals surface area (Å²) in [5.41, 5.74) is 13.7. The molecule has 3 rings (SSSR count). The fourth-order valence-corrected chi connectivity index (χ4v) is 3.80. The summed E-state index contributed by atoms with van der Waals surface area (Å²) in [5.74, 6) is 0.530. The molecular formula is C20H23Cl2N5O2. The van der Waals surface area contributed by atoms with E-state index in [0.717, 1.165) is 36.4 Å². The Morgan fingerprint density at radius 3 is 2.55 bits per heavy atom. The smallest absolute Gasteiger partial charge is 0.271 e. The Labute approximate surface area is 179 Å². The summed E-state index contributed by atoms with van der Waals surface area (Å²) < 4.78 is 5.19. The predicted molar refractivity (Wildman–Crippen MR) is 118 cm³/mol. The Morgan fingerprint density at radius 1 is 1.28 bits per heavy atom. The van der Waals surface area contributed by atoms with Gasteiger partial charge in [-0.1, -0.05) is 23.2 Å². The van der Waals surface area contributed by atoms with Crippen LogP contribution >= 0.6 is 23.2 Å². The fourth-order valence-electron chi connectivity index (χ4n) is 3.27. The molecule has 1 aliphatic heterocycles. The van der Waals surface area contributed by atoms with Crippen LogP contribution in [0.2, 0.25) is 10.0 Å². The Bertz CT molecular complexity index is 895. The van der Waals surface area contributed by atoms with E-state index in [2.05, 4.69) is 10.3 Å². The minimum Gasteiger partial charge on any atom is -0.497 e. The third-order valence-electron chi connectivity index (χ3n) is 4.79. The molecule has 1 heterocycles. The van der Waals surface area contributed by atoms with Crippen molar-refractivity contribution in [2.24, 2.45) is 10.7 Å². The van der Waals surface area contributed by atoms with Gasteiger partial charge in [-0.15, -0.1) is 0 Å². The number of hydrogen-bond acceptors (Lipinski definition) is 4. The second kappa shape index (κ2) is 9.24. The summed E-state index contributed by atoms with van der Waals surface area (Å²) in [7, 11) is 1.62. The molecule has 0 aliphatic carbocycles. The van der Waals surface area contributed by atoms with Crippen LogP contribution in [0.1, 0.15) is 18.4 Å². The van der Waals surface area contributed by atoms with Gasteiger partial charge in [-0.2, -0.15) is 4.99 Å². The van der Waals surface area contributed by atoms with E-state index in [1.807, 2.05) is 29.2 Å². The molecule has 0 bridgehead atoms.